The van der Waals surface area contributed by atoms with Gasteiger partial charge in [0.05, 0.1) is 23.9 Å². The number of methoxy groups -OCH3 is 1. The smallest absolute Gasteiger partial charge is 0.266 e. The molecule has 1 heterocycles. The Hall–Kier alpha value is -3.45. The van der Waals surface area contributed by atoms with Crippen LogP contribution < -0.4 is 15.0 Å². The highest BCUT2D eigenvalue weighted by Gasteiger charge is 2.37. The van der Waals surface area contributed by atoms with Gasteiger partial charge in [0.1, 0.15) is 5.75 Å². The standard InChI is InChI=1S/C22H15BrN2O4/c1-29-17-9-7-16(8-10-17)25-21(27)18-11-2-13(12-19(18)22(25)28)20(26)24-15-5-3-14(23)4-6-15/h2-12H,1H3,(H,24,26). The molecule has 4 rings (SSSR count). The van der Waals surface area contributed by atoms with E-state index >= 15 is 0 Å². The van der Waals surface area contributed by atoms with Gasteiger partial charge in [-0.3, -0.25) is 14.4 Å². The summed E-state index contributed by atoms with van der Waals surface area (Å²) in [7, 11) is 1.54. The van der Waals surface area contributed by atoms with E-state index in [1.807, 2.05) is 12.1 Å². The summed E-state index contributed by atoms with van der Waals surface area (Å²) in [6, 6.07) is 18.3. The van der Waals surface area contributed by atoms with Gasteiger partial charge in [0, 0.05) is 15.7 Å². The molecule has 1 aliphatic rings. The lowest BCUT2D eigenvalue weighted by Crippen LogP contribution is -2.29. The van der Waals surface area contributed by atoms with Crippen LogP contribution in [0.1, 0.15) is 31.1 Å². The lowest BCUT2D eigenvalue weighted by molar-refractivity contribution is 0.0925. The number of anilines is 2. The van der Waals surface area contributed by atoms with Crippen LogP contribution in [0.25, 0.3) is 0 Å². The van der Waals surface area contributed by atoms with E-state index in [1.54, 1.807) is 36.4 Å². The van der Waals surface area contributed by atoms with Crippen molar-refractivity contribution in [3.63, 3.8) is 0 Å². The van der Waals surface area contributed by atoms with Crippen molar-refractivity contribution >= 4 is 45.0 Å². The molecule has 0 saturated heterocycles. The van der Waals surface area contributed by atoms with Crippen LogP contribution in [0, 0.1) is 0 Å². The van der Waals surface area contributed by atoms with Crippen molar-refractivity contribution in [2.45, 2.75) is 0 Å². The second-order valence-corrected chi connectivity index (χ2v) is 7.28. The summed E-state index contributed by atoms with van der Waals surface area (Å²) in [4.78, 5) is 39.3. The molecule has 0 saturated carbocycles. The number of fused-ring (bicyclic) bond motifs is 1. The number of benzene rings is 3. The minimum absolute atomic E-state index is 0.203. The summed E-state index contributed by atoms with van der Waals surface area (Å²) in [5, 5.41) is 2.77. The Bertz CT molecular complexity index is 1120. The molecule has 0 atom stereocenters. The third-order valence-electron chi connectivity index (χ3n) is 4.58. The zero-order valence-electron chi connectivity index (χ0n) is 15.3. The van der Waals surface area contributed by atoms with Crippen LogP contribution in [-0.4, -0.2) is 24.8 Å². The van der Waals surface area contributed by atoms with Crippen LogP contribution in [0.15, 0.2) is 71.2 Å². The van der Waals surface area contributed by atoms with Crippen molar-refractivity contribution in [3.8, 4) is 5.75 Å². The highest BCUT2D eigenvalue weighted by Crippen LogP contribution is 2.30. The molecule has 29 heavy (non-hydrogen) atoms. The fraction of sp³-hybridized carbons (Fsp3) is 0.0455. The maximum atomic E-state index is 12.9. The molecule has 1 N–H and O–H groups in total. The van der Waals surface area contributed by atoms with Gasteiger partial charge in [0.25, 0.3) is 17.7 Å². The van der Waals surface area contributed by atoms with Gasteiger partial charge < -0.3 is 10.1 Å². The quantitative estimate of drug-likeness (QED) is 0.593. The van der Waals surface area contributed by atoms with Crippen molar-refractivity contribution in [3.05, 3.63) is 87.9 Å². The number of hydrogen-bond acceptors (Lipinski definition) is 4. The zero-order chi connectivity index (χ0) is 20.5. The molecule has 3 aromatic carbocycles. The average Bonchev–Trinajstić information content (AvgIpc) is 2.99. The molecule has 0 radical (unpaired) electrons. The SMILES string of the molecule is COc1ccc(N2C(=O)c3ccc(C(=O)Nc4ccc(Br)cc4)cc3C2=O)cc1. The molecule has 0 unspecified atom stereocenters. The third-order valence-corrected chi connectivity index (χ3v) is 5.11. The lowest BCUT2D eigenvalue weighted by Gasteiger charge is -2.14. The number of imide groups is 1. The van der Waals surface area contributed by atoms with Crippen molar-refractivity contribution in [2.24, 2.45) is 0 Å². The van der Waals surface area contributed by atoms with E-state index in [9.17, 15) is 14.4 Å². The highest BCUT2D eigenvalue weighted by molar-refractivity contribution is 9.10. The van der Waals surface area contributed by atoms with Gasteiger partial charge >= 0.3 is 0 Å². The number of ether oxygens (including phenoxy) is 1. The van der Waals surface area contributed by atoms with Gasteiger partial charge in [-0.1, -0.05) is 15.9 Å². The van der Waals surface area contributed by atoms with Crippen LogP contribution in [0.3, 0.4) is 0 Å². The van der Waals surface area contributed by atoms with Crippen LogP contribution in [0.5, 0.6) is 5.75 Å². The minimum atomic E-state index is -0.464. The zero-order valence-corrected chi connectivity index (χ0v) is 16.9. The van der Waals surface area contributed by atoms with E-state index in [0.717, 1.165) is 9.37 Å². The summed E-state index contributed by atoms with van der Waals surface area (Å²) in [5.41, 5.74) is 1.84. The van der Waals surface area contributed by atoms with Crippen molar-refractivity contribution in [1.29, 1.82) is 0 Å². The topological polar surface area (TPSA) is 75.7 Å². The van der Waals surface area contributed by atoms with Crippen LogP contribution >= 0.6 is 15.9 Å². The Morgan fingerprint density at radius 3 is 2.21 bits per heavy atom. The Balaban J connectivity index is 1.60. The fourth-order valence-electron chi connectivity index (χ4n) is 3.08. The molecule has 0 bridgehead atoms. The molecule has 1 aliphatic heterocycles. The number of carbonyl (C=O) groups is 3. The van der Waals surface area contributed by atoms with Crippen molar-refractivity contribution < 1.29 is 19.1 Å². The first-order valence-electron chi connectivity index (χ1n) is 8.72. The molecule has 0 aliphatic carbocycles. The minimum Gasteiger partial charge on any atom is -0.497 e. The summed E-state index contributed by atoms with van der Waals surface area (Å²) < 4.78 is 6.01. The fourth-order valence-corrected chi connectivity index (χ4v) is 3.35. The molecule has 3 aromatic rings. The van der Waals surface area contributed by atoms with Crippen LogP contribution in [0.4, 0.5) is 11.4 Å². The number of hydrogen-bond donors (Lipinski definition) is 1. The number of nitrogens with one attached hydrogen (secondary N) is 1. The van der Waals surface area contributed by atoms with Gasteiger partial charge in [-0.15, -0.1) is 0 Å². The maximum Gasteiger partial charge on any atom is 0.266 e. The first kappa shape index (κ1) is 18.9. The number of amides is 3. The Morgan fingerprint density at radius 1 is 0.897 bits per heavy atom. The predicted octanol–water partition coefficient (Wildman–Crippen LogP) is 4.51. The summed E-state index contributed by atoms with van der Waals surface area (Å²) >= 11 is 3.34. The third kappa shape index (κ3) is 3.52. The molecule has 0 fully saturated rings. The molecule has 6 nitrogen and oxygen atoms in total. The molecular weight excluding hydrogens is 436 g/mol. The molecule has 144 valence electrons. The average molecular weight is 451 g/mol. The molecule has 0 aromatic heterocycles. The van der Waals surface area contributed by atoms with E-state index in [2.05, 4.69) is 21.2 Å². The van der Waals surface area contributed by atoms with Crippen molar-refractivity contribution in [1.82, 2.24) is 0 Å². The van der Waals surface area contributed by atoms with Crippen LogP contribution in [-0.2, 0) is 0 Å². The number of carbonyl (C=O) groups excluding carboxylic acids is 3. The van der Waals surface area contributed by atoms with Gasteiger partial charge in [-0.05, 0) is 66.7 Å². The number of halogens is 1. The molecule has 3 amide bonds. The first-order valence-corrected chi connectivity index (χ1v) is 9.51. The summed E-state index contributed by atoms with van der Waals surface area (Å²) in [6.45, 7) is 0. The van der Waals surface area contributed by atoms with E-state index in [0.29, 0.717) is 22.7 Å². The molecular formula is C22H15BrN2O4. The van der Waals surface area contributed by atoms with Gasteiger partial charge in [-0.25, -0.2) is 4.90 Å². The number of nitrogens with zero attached hydrogens (tertiary/aromatic N) is 1. The highest BCUT2D eigenvalue weighted by atomic mass is 79.9. The van der Waals surface area contributed by atoms with Crippen molar-refractivity contribution in [2.75, 3.05) is 17.3 Å². The normalized spacial score (nSPS) is 12.7. The van der Waals surface area contributed by atoms with E-state index in [-0.39, 0.29) is 17.0 Å². The van der Waals surface area contributed by atoms with E-state index < -0.39 is 11.8 Å². The summed E-state index contributed by atoms with van der Waals surface area (Å²) in [5.74, 6) is -0.626. The second-order valence-electron chi connectivity index (χ2n) is 6.37. The largest absolute Gasteiger partial charge is 0.497 e. The van der Waals surface area contributed by atoms with Gasteiger partial charge in [-0.2, -0.15) is 0 Å². The van der Waals surface area contributed by atoms with Gasteiger partial charge in [0.15, 0.2) is 0 Å². The molecule has 0 spiro atoms. The maximum absolute atomic E-state index is 12.9. The first-order chi connectivity index (χ1) is 14.0. The second kappa shape index (κ2) is 7.52. The number of rotatable bonds is 4. The van der Waals surface area contributed by atoms with E-state index in [4.69, 9.17) is 4.74 Å². The Morgan fingerprint density at radius 2 is 1.55 bits per heavy atom. The van der Waals surface area contributed by atoms with Gasteiger partial charge in [0.2, 0.25) is 0 Å². The van der Waals surface area contributed by atoms with Crippen LogP contribution in [0.2, 0.25) is 0 Å². The molecule has 7 heteroatoms. The Kier molecular flexibility index (Phi) is 4.90. The monoisotopic (exact) mass is 450 g/mol. The Labute approximate surface area is 175 Å². The summed E-state index contributed by atoms with van der Waals surface area (Å²) in [6.07, 6.45) is 0. The predicted molar refractivity (Wildman–Crippen MR) is 113 cm³/mol. The lowest BCUT2D eigenvalue weighted by atomic mass is 10.1. The van der Waals surface area contributed by atoms with E-state index in [1.165, 1.54) is 25.3 Å².